The minimum atomic E-state index is -0.832. The SMILES string of the molecule is Cc1c(C)c(C)c(C(=O)OCC(=O)Nc2cc([N+](=O)[O-])ccc2F)c(C)c1C. The predicted molar refractivity (Wildman–Crippen MR) is 102 cm³/mol. The minimum Gasteiger partial charge on any atom is -0.452 e. The minimum absolute atomic E-state index is 0.357. The maximum Gasteiger partial charge on any atom is 0.339 e. The number of nitro benzene ring substituents is 1. The molecule has 0 heterocycles. The van der Waals surface area contributed by atoms with E-state index in [1.165, 1.54) is 0 Å². The van der Waals surface area contributed by atoms with Gasteiger partial charge in [0.25, 0.3) is 11.6 Å². The van der Waals surface area contributed by atoms with Crippen molar-refractivity contribution in [1.29, 1.82) is 0 Å². The first-order valence-electron chi connectivity index (χ1n) is 8.52. The Kier molecular flexibility index (Phi) is 6.12. The topological polar surface area (TPSA) is 98.5 Å². The van der Waals surface area contributed by atoms with E-state index < -0.39 is 29.2 Å². The molecule has 0 saturated carbocycles. The van der Waals surface area contributed by atoms with E-state index in [9.17, 15) is 24.1 Å². The average molecular weight is 388 g/mol. The molecule has 0 aliphatic rings. The van der Waals surface area contributed by atoms with Gasteiger partial charge in [-0.25, -0.2) is 9.18 Å². The summed E-state index contributed by atoms with van der Waals surface area (Å²) in [6.45, 7) is 8.76. The van der Waals surface area contributed by atoms with E-state index in [0.29, 0.717) is 5.56 Å². The van der Waals surface area contributed by atoms with Crippen molar-refractivity contribution in [2.75, 3.05) is 11.9 Å². The van der Waals surface area contributed by atoms with Gasteiger partial charge in [0.05, 0.1) is 16.2 Å². The number of amides is 1. The Bertz CT molecular complexity index is 956. The summed E-state index contributed by atoms with van der Waals surface area (Å²) in [5, 5.41) is 12.9. The van der Waals surface area contributed by atoms with Crippen molar-refractivity contribution in [3.05, 3.63) is 67.5 Å². The summed E-state index contributed by atoms with van der Waals surface area (Å²) in [5.74, 6) is -2.29. The zero-order valence-corrected chi connectivity index (χ0v) is 16.3. The molecule has 0 unspecified atom stereocenters. The standard InChI is InChI=1S/C20H21FN2O5/c1-10-11(2)13(4)19(14(5)12(10)3)20(25)28-9-18(24)22-17-8-15(23(26)27)6-7-16(17)21/h6-8H,9H2,1-5H3,(H,22,24). The van der Waals surface area contributed by atoms with E-state index in [2.05, 4.69) is 5.32 Å². The number of anilines is 1. The number of nitrogens with zero attached hydrogens (tertiary/aromatic N) is 1. The maximum atomic E-state index is 13.7. The van der Waals surface area contributed by atoms with Gasteiger partial charge in [-0.1, -0.05) is 0 Å². The van der Waals surface area contributed by atoms with E-state index in [1.54, 1.807) is 0 Å². The van der Waals surface area contributed by atoms with Gasteiger partial charge in [0, 0.05) is 12.1 Å². The van der Waals surface area contributed by atoms with E-state index in [-0.39, 0.29) is 11.4 Å². The molecule has 2 aromatic carbocycles. The third-order valence-electron chi connectivity index (χ3n) is 4.97. The van der Waals surface area contributed by atoms with Crippen LogP contribution in [0.1, 0.15) is 38.2 Å². The van der Waals surface area contributed by atoms with Crippen LogP contribution in [0.25, 0.3) is 0 Å². The van der Waals surface area contributed by atoms with Gasteiger partial charge in [0.15, 0.2) is 6.61 Å². The van der Waals surface area contributed by atoms with Gasteiger partial charge in [0.2, 0.25) is 0 Å². The third-order valence-corrected chi connectivity index (χ3v) is 4.97. The van der Waals surface area contributed by atoms with Gasteiger partial charge in [-0.2, -0.15) is 0 Å². The second-order valence-corrected chi connectivity index (χ2v) is 6.55. The second kappa shape index (κ2) is 8.16. The molecule has 0 aromatic heterocycles. The molecule has 0 fully saturated rings. The number of benzene rings is 2. The van der Waals surface area contributed by atoms with Crippen LogP contribution < -0.4 is 5.32 Å². The molecule has 0 bridgehead atoms. The fourth-order valence-electron chi connectivity index (χ4n) is 2.92. The normalized spacial score (nSPS) is 10.5. The van der Waals surface area contributed by atoms with Crippen molar-refractivity contribution in [3.8, 4) is 0 Å². The summed E-state index contributed by atoms with van der Waals surface area (Å²) in [7, 11) is 0. The molecule has 8 heteroatoms. The van der Waals surface area contributed by atoms with Crippen LogP contribution in [0.2, 0.25) is 0 Å². The van der Waals surface area contributed by atoms with Gasteiger partial charge in [0.1, 0.15) is 5.82 Å². The van der Waals surface area contributed by atoms with Crippen molar-refractivity contribution in [2.24, 2.45) is 0 Å². The monoisotopic (exact) mass is 388 g/mol. The summed E-state index contributed by atoms with van der Waals surface area (Å²) >= 11 is 0. The Labute approximate surface area is 161 Å². The Hall–Kier alpha value is -3.29. The van der Waals surface area contributed by atoms with Gasteiger partial charge >= 0.3 is 5.97 Å². The summed E-state index contributed by atoms with van der Waals surface area (Å²) < 4.78 is 18.8. The molecule has 1 N–H and O–H groups in total. The van der Waals surface area contributed by atoms with Crippen LogP contribution in [0.3, 0.4) is 0 Å². The number of non-ortho nitro benzene ring substituents is 1. The number of halogens is 1. The summed E-state index contributed by atoms with van der Waals surface area (Å²) in [6.07, 6.45) is 0. The fourth-order valence-corrected chi connectivity index (χ4v) is 2.92. The van der Waals surface area contributed by atoms with Crippen LogP contribution in [0, 0.1) is 50.6 Å². The van der Waals surface area contributed by atoms with Crippen molar-refractivity contribution >= 4 is 23.3 Å². The van der Waals surface area contributed by atoms with E-state index in [0.717, 1.165) is 46.0 Å². The molecule has 148 valence electrons. The lowest BCUT2D eigenvalue weighted by atomic mass is 9.90. The average Bonchev–Trinajstić information content (AvgIpc) is 2.64. The lowest BCUT2D eigenvalue weighted by Gasteiger charge is -2.17. The highest BCUT2D eigenvalue weighted by atomic mass is 19.1. The molecule has 1 amide bonds. The Balaban J connectivity index is 2.13. The van der Waals surface area contributed by atoms with Gasteiger partial charge in [-0.05, 0) is 68.5 Å². The number of ether oxygens (including phenoxy) is 1. The van der Waals surface area contributed by atoms with Crippen LogP contribution in [0.5, 0.6) is 0 Å². The highest BCUT2D eigenvalue weighted by molar-refractivity contribution is 5.97. The third kappa shape index (κ3) is 4.16. The van der Waals surface area contributed by atoms with Crippen molar-refractivity contribution < 1.29 is 23.6 Å². The molecule has 0 radical (unpaired) electrons. The van der Waals surface area contributed by atoms with Crippen LogP contribution in [-0.2, 0) is 9.53 Å². The predicted octanol–water partition coefficient (Wildman–Crippen LogP) is 4.07. The highest BCUT2D eigenvalue weighted by Gasteiger charge is 2.21. The number of carbonyl (C=O) groups is 2. The largest absolute Gasteiger partial charge is 0.452 e. The van der Waals surface area contributed by atoms with Crippen LogP contribution in [0.4, 0.5) is 15.8 Å². The lowest BCUT2D eigenvalue weighted by Crippen LogP contribution is -2.22. The number of esters is 1. The van der Waals surface area contributed by atoms with Crippen molar-refractivity contribution in [2.45, 2.75) is 34.6 Å². The number of carbonyl (C=O) groups excluding carboxylic acids is 2. The van der Waals surface area contributed by atoms with Gasteiger partial charge in [-0.3, -0.25) is 14.9 Å². The summed E-state index contributed by atoms with van der Waals surface area (Å²) in [5.41, 5.74) is 4.25. The zero-order chi connectivity index (χ0) is 21.2. The van der Waals surface area contributed by atoms with Crippen LogP contribution >= 0.6 is 0 Å². The summed E-state index contributed by atoms with van der Waals surface area (Å²) in [6, 6.07) is 2.76. The molecule has 2 aromatic rings. The molecular formula is C20H21FN2O5. The lowest BCUT2D eigenvalue weighted by molar-refractivity contribution is -0.384. The van der Waals surface area contributed by atoms with Gasteiger partial charge < -0.3 is 10.1 Å². The second-order valence-electron chi connectivity index (χ2n) is 6.55. The molecule has 7 nitrogen and oxygen atoms in total. The molecular weight excluding hydrogens is 367 g/mol. The Morgan fingerprint density at radius 3 is 2.11 bits per heavy atom. The van der Waals surface area contributed by atoms with Crippen LogP contribution in [0.15, 0.2) is 18.2 Å². The zero-order valence-electron chi connectivity index (χ0n) is 16.3. The number of nitro groups is 1. The number of hydrogen-bond donors (Lipinski definition) is 1. The van der Waals surface area contributed by atoms with Gasteiger partial charge in [-0.15, -0.1) is 0 Å². The number of rotatable bonds is 5. The van der Waals surface area contributed by atoms with E-state index in [1.807, 2.05) is 34.6 Å². The molecule has 0 saturated heterocycles. The molecule has 0 spiro atoms. The molecule has 0 aliphatic heterocycles. The molecule has 28 heavy (non-hydrogen) atoms. The highest BCUT2D eigenvalue weighted by Crippen LogP contribution is 2.26. The molecule has 0 aliphatic carbocycles. The van der Waals surface area contributed by atoms with E-state index in [4.69, 9.17) is 4.74 Å². The molecule has 2 rings (SSSR count). The first kappa shape index (κ1) is 21.0. The van der Waals surface area contributed by atoms with Crippen molar-refractivity contribution in [3.63, 3.8) is 0 Å². The number of hydrogen-bond acceptors (Lipinski definition) is 5. The number of nitrogens with one attached hydrogen (secondary N) is 1. The first-order valence-corrected chi connectivity index (χ1v) is 8.52. The smallest absolute Gasteiger partial charge is 0.339 e. The van der Waals surface area contributed by atoms with E-state index >= 15 is 0 Å². The molecule has 0 atom stereocenters. The van der Waals surface area contributed by atoms with Crippen molar-refractivity contribution in [1.82, 2.24) is 0 Å². The first-order chi connectivity index (χ1) is 13.0. The summed E-state index contributed by atoms with van der Waals surface area (Å²) in [4.78, 5) is 34.6. The Morgan fingerprint density at radius 1 is 1.04 bits per heavy atom. The quantitative estimate of drug-likeness (QED) is 0.473. The Morgan fingerprint density at radius 2 is 1.57 bits per heavy atom. The van der Waals surface area contributed by atoms with Crippen LogP contribution in [-0.4, -0.2) is 23.4 Å². The fraction of sp³-hybridized carbons (Fsp3) is 0.300. The maximum absolute atomic E-state index is 13.7.